The first kappa shape index (κ1) is 9.49. The zero-order valence-electron chi connectivity index (χ0n) is 8.67. The zero-order chi connectivity index (χ0) is 10.1. The van der Waals surface area contributed by atoms with Gasteiger partial charge in [-0.1, -0.05) is 17.7 Å². The molecular weight excluding hydrogens is 174 g/mol. The maximum Gasteiger partial charge on any atom is 0.0498 e. The van der Waals surface area contributed by atoms with Gasteiger partial charge in [-0.2, -0.15) is 0 Å². The van der Waals surface area contributed by atoms with Gasteiger partial charge >= 0.3 is 0 Å². The molecule has 1 aromatic rings. The second-order valence-corrected chi connectivity index (χ2v) is 4.11. The number of hydrogen-bond donors (Lipinski definition) is 3. The smallest absolute Gasteiger partial charge is 0.0498 e. The largest absolute Gasteiger partial charge is 0.398 e. The molecular formula is C11H17N3. The van der Waals surface area contributed by atoms with Crippen molar-refractivity contribution in [1.82, 2.24) is 10.9 Å². The van der Waals surface area contributed by atoms with Crippen molar-refractivity contribution in [2.75, 3.05) is 5.73 Å². The van der Waals surface area contributed by atoms with E-state index in [4.69, 9.17) is 5.73 Å². The highest BCUT2D eigenvalue weighted by molar-refractivity contribution is 5.50. The summed E-state index contributed by atoms with van der Waals surface area (Å²) in [4.78, 5) is 0. The fourth-order valence-corrected chi connectivity index (χ4v) is 1.91. The van der Waals surface area contributed by atoms with E-state index in [0.29, 0.717) is 12.1 Å². The second kappa shape index (κ2) is 3.59. The van der Waals surface area contributed by atoms with E-state index in [1.54, 1.807) is 0 Å². The van der Waals surface area contributed by atoms with Gasteiger partial charge in [-0.05, 0) is 31.9 Å². The Morgan fingerprint density at radius 3 is 2.79 bits per heavy atom. The van der Waals surface area contributed by atoms with Crippen molar-refractivity contribution in [2.24, 2.45) is 0 Å². The predicted molar refractivity (Wildman–Crippen MR) is 58.7 cm³/mol. The minimum atomic E-state index is 0.352. The summed E-state index contributed by atoms with van der Waals surface area (Å²) < 4.78 is 0. The quantitative estimate of drug-likeness (QED) is 0.590. The molecule has 0 aromatic heterocycles. The van der Waals surface area contributed by atoms with Crippen molar-refractivity contribution in [3.8, 4) is 0 Å². The van der Waals surface area contributed by atoms with Crippen LogP contribution in [0, 0.1) is 6.92 Å². The molecule has 2 unspecified atom stereocenters. The molecule has 1 saturated heterocycles. The standard InChI is InChI=1S/C11H17N3/c1-7-3-4-10(12)9(5-7)11-6-8(2)13-14-11/h3-5,8,11,13-14H,6,12H2,1-2H3. The van der Waals surface area contributed by atoms with E-state index in [9.17, 15) is 0 Å². The molecule has 4 N–H and O–H groups in total. The average Bonchev–Trinajstić information content (AvgIpc) is 2.56. The minimum Gasteiger partial charge on any atom is -0.398 e. The summed E-state index contributed by atoms with van der Waals surface area (Å²) in [6.07, 6.45) is 1.09. The van der Waals surface area contributed by atoms with Crippen LogP contribution in [0.2, 0.25) is 0 Å². The third-order valence-electron chi connectivity index (χ3n) is 2.71. The number of hydrazine groups is 1. The Kier molecular flexibility index (Phi) is 2.44. The van der Waals surface area contributed by atoms with Crippen LogP contribution in [-0.4, -0.2) is 6.04 Å². The fraction of sp³-hybridized carbons (Fsp3) is 0.455. The first-order chi connectivity index (χ1) is 6.66. The van der Waals surface area contributed by atoms with Gasteiger partial charge in [0.1, 0.15) is 0 Å². The number of anilines is 1. The van der Waals surface area contributed by atoms with Crippen LogP contribution >= 0.6 is 0 Å². The SMILES string of the molecule is Cc1ccc(N)c(C2CC(C)NN2)c1. The van der Waals surface area contributed by atoms with Gasteiger partial charge in [-0.3, -0.25) is 5.43 Å². The van der Waals surface area contributed by atoms with Crippen LogP contribution in [0.4, 0.5) is 5.69 Å². The number of nitrogen functional groups attached to an aromatic ring is 1. The molecule has 0 bridgehead atoms. The molecule has 1 heterocycles. The van der Waals surface area contributed by atoms with Crippen LogP contribution < -0.4 is 16.6 Å². The molecule has 0 amide bonds. The Labute approximate surface area is 84.7 Å². The highest BCUT2D eigenvalue weighted by Crippen LogP contribution is 2.27. The summed E-state index contributed by atoms with van der Waals surface area (Å²) in [6, 6.07) is 7.05. The molecule has 2 rings (SSSR count). The van der Waals surface area contributed by atoms with Crippen LogP contribution in [0.1, 0.15) is 30.5 Å². The summed E-state index contributed by atoms with van der Waals surface area (Å²) in [5.74, 6) is 0. The van der Waals surface area contributed by atoms with Gasteiger partial charge in [0.2, 0.25) is 0 Å². The fourth-order valence-electron chi connectivity index (χ4n) is 1.91. The molecule has 0 aliphatic carbocycles. The number of benzene rings is 1. The van der Waals surface area contributed by atoms with Gasteiger partial charge in [0.25, 0.3) is 0 Å². The monoisotopic (exact) mass is 191 g/mol. The highest BCUT2D eigenvalue weighted by Gasteiger charge is 2.22. The Hall–Kier alpha value is -1.06. The number of rotatable bonds is 1. The van der Waals surface area contributed by atoms with Crippen molar-refractivity contribution >= 4 is 5.69 Å². The topological polar surface area (TPSA) is 50.1 Å². The molecule has 3 heteroatoms. The predicted octanol–water partition coefficient (Wildman–Crippen LogP) is 1.50. The van der Waals surface area contributed by atoms with E-state index >= 15 is 0 Å². The van der Waals surface area contributed by atoms with E-state index in [1.807, 2.05) is 12.1 Å². The molecule has 1 aromatic carbocycles. The molecule has 0 saturated carbocycles. The summed E-state index contributed by atoms with van der Waals surface area (Å²) in [7, 11) is 0. The van der Waals surface area contributed by atoms with Crippen LogP contribution in [0.3, 0.4) is 0 Å². The van der Waals surface area contributed by atoms with Crippen molar-refractivity contribution in [3.63, 3.8) is 0 Å². The Balaban J connectivity index is 2.27. The molecule has 0 spiro atoms. The van der Waals surface area contributed by atoms with Gasteiger partial charge in [-0.25, -0.2) is 5.43 Å². The second-order valence-electron chi connectivity index (χ2n) is 4.11. The van der Waals surface area contributed by atoms with Gasteiger partial charge in [0.05, 0.1) is 0 Å². The molecule has 14 heavy (non-hydrogen) atoms. The lowest BCUT2D eigenvalue weighted by atomic mass is 9.99. The number of nitrogens with one attached hydrogen (secondary N) is 2. The van der Waals surface area contributed by atoms with Crippen molar-refractivity contribution in [2.45, 2.75) is 32.4 Å². The van der Waals surface area contributed by atoms with E-state index in [2.05, 4.69) is 30.8 Å². The molecule has 2 atom stereocenters. The van der Waals surface area contributed by atoms with Crippen molar-refractivity contribution in [1.29, 1.82) is 0 Å². The maximum atomic E-state index is 5.95. The van der Waals surface area contributed by atoms with E-state index < -0.39 is 0 Å². The van der Waals surface area contributed by atoms with Crippen molar-refractivity contribution < 1.29 is 0 Å². The number of nitrogens with two attached hydrogens (primary N) is 1. The molecule has 1 aliphatic rings. The molecule has 1 fully saturated rings. The highest BCUT2D eigenvalue weighted by atomic mass is 15.4. The van der Waals surface area contributed by atoms with E-state index in [1.165, 1.54) is 11.1 Å². The first-order valence-corrected chi connectivity index (χ1v) is 5.04. The summed E-state index contributed by atoms with van der Waals surface area (Å²) in [5.41, 5.74) is 15.8. The molecule has 76 valence electrons. The lowest BCUT2D eigenvalue weighted by Gasteiger charge is -2.13. The van der Waals surface area contributed by atoms with Crippen LogP contribution in [-0.2, 0) is 0 Å². The van der Waals surface area contributed by atoms with Crippen molar-refractivity contribution in [3.05, 3.63) is 29.3 Å². The maximum absolute atomic E-state index is 5.95. The van der Waals surface area contributed by atoms with E-state index in [-0.39, 0.29) is 0 Å². The average molecular weight is 191 g/mol. The first-order valence-electron chi connectivity index (χ1n) is 5.04. The number of hydrogen-bond acceptors (Lipinski definition) is 3. The van der Waals surface area contributed by atoms with Gasteiger partial charge in [-0.15, -0.1) is 0 Å². The molecule has 3 nitrogen and oxygen atoms in total. The lowest BCUT2D eigenvalue weighted by Crippen LogP contribution is -2.29. The molecule has 0 radical (unpaired) electrons. The van der Waals surface area contributed by atoms with Crippen LogP contribution in [0.5, 0.6) is 0 Å². The Morgan fingerprint density at radius 1 is 1.36 bits per heavy atom. The normalized spacial score (nSPS) is 26.7. The third kappa shape index (κ3) is 1.74. The molecule has 1 aliphatic heterocycles. The van der Waals surface area contributed by atoms with Crippen LogP contribution in [0.25, 0.3) is 0 Å². The van der Waals surface area contributed by atoms with E-state index in [0.717, 1.165) is 12.1 Å². The van der Waals surface area contributed by atoms with Gasteiger partial charge < -0.3 is 5.73 Å². The lowest BCUT2D eigenvalue weighted by molar-refractivity contribution is 0.561. The third-order valence-corrected chi connectivity index (χ3v) is 2.71. The van der Waals surface area contributed by atoms with Gasteiger partial charge in [0, 0.05) is 17.8 Å². The van der Waals surface area contributed by atoms with Gasteiger partial charge in [0.15, 0.2) is 0 Å². The summed E-state index contributed by atoms with van der Waals surface area (Å²) in [5, 5.41) is 0. The van der Waals surface area contributed by atoms with Crippen LogP contribution in [0.15, 0.2) is 18.2 Å². The zero-order valence-corrected chi connectivity index (χ0v) is 8.67. The Bertz CT molecular complexity index is 335. The summed E-state index contributed by atoms with van der Waals surface area (Å²) >= 11 is 0. The summed E-state index contributed by atoms with van der Waals surface area (Å²) in [6.45, 7) is 4.26. The minimum absolute atomic E-state index is 0.352. The Morgan fingerprint density at radius 2 is 2.14 bits per heavy atom. The number of aryl methyl sites for hydroxylation is 1.